The molecule has 0 fully saturated rings. The molecule has 1 aromatic heterocycles. The van der Waals surface area contributed by atoms with Gasteiger partial charge in [0.2, 0.25) is 0 Å². The van der Waals surface area contributed by atoms with Gasteiger partial charge in [-0.15, -0.1) is 11.6 Å². The summed E-state index contributed by atoms with van der Waals surface area (Å²) in [5.74, 6) is 1.20. The monoisotopic (exact) mass is 218 g/mol. The second kappa shape index (κ2) is 4.41. The van der Waals surface area contributed by atoms with Gasteiger partial charge in [0, 0.05) is 23.5 Å². The second-order valence-electron chi connectivity index (χ2n) is 3.42. The van der Waals surface area contributed by atoms with Crippen molar-refractivity contribution >= 4 is 11.6 Å². The Bertz CT molecular complexity index is 451. The van der Waals surface area contributed by atoms with Crippen LogP contribution in [0.25, 0.3) is 11.4 Å². The molecule has 0 aliphatic carbocycles. The fourth-order valence-electron chi connectivity index (χ4n) is 1.36. The molecule has 0 bridgehead atoms. The smallest absolute Gasteiger partial charge is 0.159 e. The number of halogens is 1. The zero-order valence-electron chi connectivity index (χ0n) is 8.44. The highest BCUT2D eigenvalue weighted by Gasteiger charge is 2.00. The molecule has 0 saturated carbocycles. The molecule has 1 heterocycles. The minimum atomic E-state index is 0.452. The van der Waals surface area contributed by atoms with E-state index in [1.54, 1.807) is 12.4 Å². The van der Waals surface area contributed by atoms with Gasteiger partial charge in [0.15, 0.2) is 5.82 Å². The first-order chi connectivity index (χ1) is 7.29. The van der Waals surface area contributed by atoms with Gasteiger partial charge in [-0.1, -0.05) is 23.8 Å². The number of hydrogen-bond acceptors (Lipinski definition) is 2. The van der Waals surface area contributed by atoms with Gasteiger partial charge >= 0.3 is 0 Å². The summed E-state index contributed by atoms with van der Waals surface area (Å²) in [5, 5.41) is 0. The van der Waals surface area contributed by atoms with Crippen molar-refractivity contribution in [3.05, 3.63) is 47.8 Å². The van der Waals surface area contributed by atoms with Crippen molar-refractivity contribution in [2.24, 2.45) is 0 Å². The largest absolute Gasteiger partial charge is 0.236 e. The number of alkyl halides is 1. The topological polar surface area (TPSA) is 25.8 Å². The van der Waals surface area contributed by atoms with Crippen molar-refractivity contribution in [2.75, 3.05) is 0 Å². The molecule has 2 rings (SSSR count). The van der Waals surface area contributed by atoms with E-state index < -0.39 is 0 Å². The highest BCUT2D eigenvalue weighted by molar-refractivity contribution is 6.17. The molecule has 0 saturated heterocycles. The van der Waals surface area contributed by atoms with E-state index >= 15 is 0 Å². The van der Waals surface area contributed by atoms with Crippen LogP contribution in [0.5, 0.6) is 0 Å². The van der Waals surface area contributed by atoms with E-state index in [0.29, 0.717) is 5.88 Å². The van der Waals surface area contributed by atoms with Crippen LogP contribution in [0.3, 0.4) is 0 Å². The first-order valence-electron chi connectivity index (χ1n) is 4.73. The minimum Gasteiger partial charge on any atom is -0.236 e. The third kappa shape index (κ3) is 2.34. The van der Waals surface area contributed by atoms with Crippen molar-refractivity contribution in [2.45, 2.75) is 12.8 Å². The van der Waals surface area contributed by atoms with E-state index in [2.05, 4.69) is 29.0 Å². The molecule has 0 aliphatic rings. The van der Waals surface area contributed by atoms with Crippen LogP contribution in [0.4, 0.5) is 0 Å². The van der Waals surface area contributed by atoms with Crippen molar-refractivity contribution in [3.8, 4) is 11.4 Å². The summed E-state index contributed by atoms with van der Waals surface area (Å²) in [4.78, 5) is 8.53. The van der Waals surface area contributed by atoms with Gasteiger partial charge in [0.05, 0.1) is 5.88 Å². The lowest BCUT2D eigenvalue weighted by Crippen LogP contribution is -1.90. The second-order valence-corrected chi connectivity index (χ2v) is 3.69. The van der Waals surface area contributed by atoms with Gasteiger partial charge in [-0.3, -0.25) is 0 Å². The molecule has 0 unspecified atom stereocenters. The average molecular weight is 219 g/mol. The van der Waals surface area contributed by atoms with Gasteiger partial charge in [0.1, 0.15) is 0 Å². The van der Waals surface area contributed by atoms with Gasteiger partial charge in [-0.2, -0.15) is 0 Å². The standard InChI is InChI=1S/C12H11ClN2/c1-9-3-2-4-11(5-9)12-14-7-10(6-13)8-15-12/h2-5,7-8H,6H2,1H3. The van der Waals surface area contributed by atoms with Crippen LogP contribution in [0.15, 0.2) is 36.7 Å². The lowest BCUT2D eigenvalue weighted by atomic mass is 10.1. The highest BCUT2D eigenvalue weighted by atomic mass is 35.5. The molecule has 0 atom stereocenters. The van der Waals surface area contributed by atoms with E-state index in [1.165, 1.54) is 5.56 Å². The molecule has 76 valence electrons. The summed E-state index contributed by atoms with van der Waals surface area (Å²) in [7, 11) is 0. The van der Waals surface area contributed by atoms with Crippen molar-refractivity contribution in [1.82, 2.24) is 9.97 Å². The molecular formula is C12H11ClN2. The third-order valence-corrected chi connectivity index (χ3v) is 2.44. The normalized spacial score (nSPS) is 10.3. The van der Waals surface area contributed by atoms with Gasteiger partial charge in [-0.05, 0) is 13.0 Å². The minimum absolute atomic E-state index is 0.452. The Labute approximate surface area is 94.0 Å². The van der Waals surface area contributed by atoms with Crippen molar-refractivity contribution in [1.29, 1.82) is 0 Å². The Hall–Kier alpha value is -1.41. The fourth-order valence-corrected chi connectivity index (χ4v) is 1.50. The van der Waals surface area contributed by atoms with E-state index in [9.17, 15) is 0 Å². The molecule has 3 heteroatoms. The maximum atomic E-state index is 5.67. The van der Waals surface area contributed by atoms with Crippen LogP contribution in [0, 0.1) is 6.92 Å². The van der Waals surface area contributed by atoms with Crippen LogP contribution >= 0.6 is 11.6 Å². The van der Waals surface area contributed by atoms with Crippen LogP contribution in [-0.2, 0) is 5.88 Å². The lowest BCUT2D eigenvalue weighted by Gasteiger charge is -2.01. The number of benzene rings is 1. The van der Waals surface area contributed by atoms with E-state index in [4.69, 9.17) is 11.6 Å². The van der Waals surface area contributed by atoms with Gasteiger partial charge in [-0.25, -0.2) is 9.97 Å². The fraction of sp³-hybridized carbons (Fsp3) is 0.167. The summed E-state index contributed by atoms with van der Waals surface area (Å²) in [6.07, 6.45) is 3.52. The SMILES string of the molecule is Cc1cccc(-c2ncc(CCl)cn2)c1. The molecule has 0 spiro atoms. The molecule has 0 amide bonds. The summed E-state index contributed by atoms with van der Waals surface area (Å²) >= 11 is 5.67. The molecule has 1 aromatic carbocycles. The van der Waals surface area contributed by atoms with Crippen molar-refractivity contribution < 1.29 is 0 Å². The number of nitrogens with zero attached hydrogens (tertiary/aromatic N) is 2. The van der Waals surface area contributed by atoms with E-state index in [-0.39, 0.29) is 0 Å². The summed E-state index contributed by atoms with van der Waals surface area (Å²) in [6.45, 7) is 2.05. The predicted molar refractivity (Wildman–Crippen MR) is 61.8 cm³/mol. The average Bonchev–Trinajstić information content (AvgIpc) is 2.29. The zero-order chi connectivity index (χ0) is 10.7. The highest BCUT2D eigenvalue weighted by Crippen LogP contribution is 2.15. The molecule has 0 radical (unpaired) electrons. The summed E-state index contributed by atoms with van der Waals surface area (Å²) in [5.41, 5.74) is 3.18. The number of rotatable bonds is 2. The molecule has 0 aliphatic heterocycles. The summed E-state index contributed by atoms with van der Waals surface area (Å²) in [6, 6.07) is 8.12. The van der Waals surface area contributed by atoms with Gasteiger partial charge in [0.25, 0.3) is 0 Å². The maximum Gasteiger partial charge on any atom is 0.159 e. The molecule has 2 aromatic rings. The quantitative estimate of drug-likeness (QED) is 0.724. The first-order valence-corrected chi connectivity index (χ1v) is 5.27. The Balaban J connectivity index is 2.37. The molecular weight excluding hydrogens is 208 g/mol. The predicted octanol–water partition coefficient (Wildman–Crippen LogP) is 3.19. The third-order valence-electron chi connectivity index (χ3n) is 2.14. The Morgan fingerprint density at radius 1 is 1.20 bits per heavy atom. The molecule has 2 nitrogen and oxygen atoms in total. The van der Waals surface area contributed by atoms with Crippen LogP contribution in [-0.4, -0.2) is 9.97 Å². The Kier molecular flexibility index (Phi) is 2.97. The van der Waals surface area contributed by atoms with Crippen LogP contribution in [0.2, 0.25) is 0 Å². The molecule has 0 N–H and O–H groups in total. The molecule has 15 heavy (non-hydrogen) atoms. The lowest BCUT2D eigenvalue weighted by molar-refractivity contribution is 1.12. The maximum absolute atomic E-state index is 5.67. The number of hydrogen-bond donors (Lipinski definition) is 0. The van der Waals surface area contributed by atoms with Crippen LogP contribution in [0.1, 0.15) is 11.1 Å². The first kappa shape index (κ1) is 10.1. The van der Waals surface area contributed by atoms with Crippen LogP contribution < -0.4 is 0 Å². The van der Waals surface area contributed by atoms with E-state index in [1.807, 2.05) is 12.1 Å². The van der Waals surface area contributed by atoms with Crippen molar-refractivity contribution in [3.63, 3.8) is 0 Å². The number of aromatic nitrogens is 2. The van der Waals surface area contributed by atoms with Gasteiger partial charge < -0.3 is 0 Å². The van der Waals surface area contributed by atoms with E-state index in [0.717, 1.165) is 17.0 Å². The number of aryl methyl sites for hydroxylation is 1. The Morgan fingerprint density at radius 2 is 1.93 bits per heavy atom. The Morgan fingerprint density at radius 3 is 2.53 bits per heavy atom. The summed E-state index contributed by atoms with van der Waals surface area (Å²) < 4.78 is 0. The zero-order valence-corrected chi connectivity index (χ0v) is 9.20.